The number of benzene rings is 1. The number of carbonyl (C=O) groups is 2. The molecule has 1 rings (SSSR count). The maximum Gasteiger partial charge on any atom is 0.326 e. The maximum absolute atomic E-state index is 11.8. The summed E-state index contributed by atoms with van der Waals surface area (Å²) in [6, 6.07) is 4.07. The van der Waals surface area contributed by atoms with E-state index in [-0.39, 0.29) is 6.54 Å². The number of rotatable bonds is 7. The average Bonchev–Trinajstić information content (AvgIpc) is 2.44. The molecule has 1 aromatic rings. The van der Waals surface area contributed by atoms with Gasteiger partial charge in [-0.1, -0.05) is 29.3 Å². The minimum atomic E-state index is -1.04. The number of ether oxygens (including phenoxy) is 1. The van der Waals surface area contributed by atoms with Crippen molar-refractivity contribution in [1.82, 2.24) is 10.6 Å². The predicted octanol–water partition coefficient (Wildman–Crippen LogP) is 2.51. The molecule has 6 nitrogen and oxygen atoms in total. The molecule has 0 heterocycles. The van der Waals surface area contributed by atoms with E-state index in [9.17, 15) is 9.59 Å². The Morgan fingerprint density at radius 2 is 2.14 bits per heavy atom. The number of carboxylic acid groups (broad SMARTS) is 1. The zero-order valence-electron chi connectivity index (χ0n) is 12.0. The van der Waals surface area contributed by atoms with Crippen LogP contribution < -0.4 is 15.4 Å². The van der Waals surface area contributed by atoms with E-state index < -0.39 is 18.0 Å². The van der Waals surface area contributed by atoms with Gasteiger partial charge in [-0.2, -0.15) is 0 Å². The van der Waals surface area contributed by atoms with Crippen molar-refractivity contribution in [2.75, 3.05) is 7.11 Å². The number of urea groups is 1. The predicted molar refractivity (Wildman–Crippen MR) is 82.4 cm³/mol. The van der Waals surface area contributed by atoms with Gasteiger partial charge in [-0.3, -0.25) is 0 Å². The van der Waals surface area contributed by atoms with Gasteiger partial charge in [-0.15, -0.1) is 0 Å². The molecule has 116 valence electrons. The second kappa shape index (κ2) is 8.51. The zero-order chi connectivity index (χ0) is 15.8. The number of nitrogens with one attached hydrogen (secondary N) is 2. The molecule has 0 aromatic heterocycles. The van der Waals surface area contributed by atoms with Crippen LogP contribution >= 0.6 is 15.9 Å². The Bertz CT molecular complexity index is 508. The van der Waals surface area contributed by atoms with Gasteiger partial charge in [0.05, 0.1) is 7.11 Å². The van der Waals surface area contributed by atoms with Gasteiger partial charge >= 0.3 is 12.0 Å². The van der Waals surface area contributed by atoms with Crippen molar-refractivity contribution in [3.63, 3.8) is 0 Å². The highest BCUT2D eigenvalue weighted by Crippen LogP contribution is 2.22. The lowest BCUT2D eigenvalue weighted by molar-refractivity contribution is -0.139. The van der Waals surface area contributed by atoms with E-state index in [1.807, 2.05) is 19.1 Å². The first kappa shape index (κ1) is 17.3. The smallest absolute Gasteiger partial charge is 0.326 e. The van der Waals surface area contributed by atoms with Gasteiger partial charge in [0.15, 0.2) is 0 Å². The van der Waals surface area contributed by atoms with Crippen LogP contribution in [0.2, 0.25) is 0 Å². The fourth-order valence-corrected chi connectivity index (χ4v) is 2.22. The fraction of sp³-hybridized carbons (Fsp3) is 0.429. The molecule has 0 aliphatic heterocycles. The minimum Gasteiger partial charge on any atom is -0.496 e. The Kier molecular flexibility index (Phi) is 7.01. The van der Waals surface area contributed by atoms with E-state index in [0.717, 1.165) is 10.0 Å². The second-order valence-corrected chi connectivity index (χ2v) is 5.38. The van der Waals surface area contributed by atoms with Crippen molar-refractivity contribution in [1.29, 1.82) is 0 Å². The molecule has 0 bridgehead atoms. The number of hydrogen-bond acceptors (Lipinski definition) is 3. The van der Waals surface area contributed by atoms with Crippen LogP contribution in [0.3, 0.4) is 0 Å². The third-order valence-corrected chi connectivity index (χ3v) is 3.36. The van der Waals surface area contributed by atoms with Crippen LogP contribution in [0, 0.1) is 0 Å². The van der Waals surface area contributed by atoms with Crippen LogP contribution in [0.5, 0.6) is 5.75 Å². The van der Waals surface area contributed by atoms with Crippen LogP contribution in [0.15, 0.2) is 22.7 Å². The number of methoxy groups -OCH3 is 1. The molecule has 1 unspecified atom stereocenters. The molecule has 0 fully saturated rings. The van der Waals surface area contributed by atoms with Gasteiger partial charge in [0.1, 0.15) is 11.8 Å². The maximum atomic E-state index is 11.8. The Balaban J connectivity index is 2.60. The van der Waals surface area contributed by atoms with E-state index in [2.05, 4.69) is 26.6 Å². The highest BCUT2D eigenvalue weighted by Gasteiger charge is 2.18. The fourth-order valence-electron chi connectivity index (χ4n) is 1.82. The molecule has 1 aromatic carbocycles. The molecule has 0 aliphatic carbocycles. The molecule has 0 spiro atoms. The van der Waals surface area contributed by atoms with E-state index in [1.165, 1.54) is 0 Å². The van der Waals surface area contributed by atoms with Crippen molar-refractivity contribution in [2.45, 2.75) is 32.4 Å². The summed E-state index contributed by atoms with van der Waals surface area (Å²) in [7, 11) is 1.55. The summed E-state index contributed by atoms with van der Waals surface area (Å²) in [5.41, 5.74) is 0.796. The van der Waals surface area contributed by atoms with Gasteiger partial charge in [0, 0.05) is 16.6 Å². The number of carboxylic acids is 1. The lowest BCUT2D eigenvalue weighted by Crippen LogP contribution is -2.45. The Morgan fingerprint density at radius 3 is 2.71 bits per heavy atom. The Morgan fingerprint density at radius 1 is 1.43 bits per heavy atom. The summed E-state index contributed by atoms with van der Waals surface area (Å²) in [5, 5.41) is 14.1. The monoisotopic (exact) mass is 358 g/mol. The molecule has 2 amide bonds. The molecule has 1 atom stereocenters. The molecule has 7 heteroatoms. The number of aliphatic carboxylic acids is 1. The molecule has 0 saturated carbocycles. The van der Waals surface area contributed by atoms with Crippen molar-refractivity contribution < 1.29 is 19.4 Å². The Hall–Kier alpha value is -1.76. The number of hydrogen-bond donors (Lipinski definition) is 3. The third-order valence-electron chi connectivity index (χ3n) is 2.86. The van der Waals surface area contributed by atoms with Gasteiger partial charge in [0.2, 0.25) is 0 Å². The molecule has 0 radical (unpaired) electrons. The zero-order valence-corrected chi connectivity index (χ0v) is 13.6. The summed E-state index contributed by atoms with van der Waals surface area (Å²) in [4.78, 5) is 22.7. The van der Waals surface area contributed by atoms with Crippen molar-refractivity contribution in [3.05, 3.63) is 28.2 Å². The first-order valence-corrected chi connectivity index (χ1v) is 7.36. The summed E-state index contributed by atoms with van der Waals surface area (Å²) >= 11 is 3.35. The largest absolute Gasteiger partial charge is 0.496 e. The van der Waals surface area contributed by atoms with Crippen LogP contribution in [0.4, 0.5) is 4.79 Å². The van der Waals surface area contributed by atoms with Gasteiger partial charge in [-0.25, -0.2) is 9.59 Å². The van der Waals surface area contributed by atoms with Crippen LogP contribution in [-0.4, -0.2) is 30.3 Å². The van der Waals surface area contributed by atoms with Gasteiger partial charge in [0.25, 0.3) is 0 Å². The lowest BCUT2D eigenvalue weighted by Gasteiger charge is -2.15. The summed E-state index contributed by atoms with van der Waals surface area (Å²) < 4.78 is 6.07. The molecule has 21 heavy (non-hydrogen) atoms. The van der Waals surface area contributed by atoms with Crippen molar-refractivity contribution >= 4 is 27.9 Å². The van der Waals surface area contributed by atoms with Gasteiger partial charge < -0.3 is 20.5 Å². The number of halogens is 1. The molecular formula is C14H19BrN2O4. The minimum absolute atomic E-state index is 0.243. The third kappa shape index (κ3) is 5.63. The Labute approximate surface area is 132 Å². The highest BCUT2D eigenvalue weighted by atomic mass is 79.9. The first-order valence-electron chi connectivity index (χ1n) is 6.57. The quantitative estimate of drug-likeness (QED) is 0.698. The molecule has 0 aliphatic rings. The van der Waals surface area contributed by atoms with Crippen LogP contribution in [0.1, 0.15) is 25.3 Å². The normalized spacial score (nSPS) is 11.6. The van der Waals surface area contributed by atoms with E-state index in [1.54, 1.807) is 13.2 Å². The average molecular weight is 359 g/mol. The topological polar surface area (TPSA) is 87.7 Å². The second-order valence-electron chi connectivity index (χ2n) is 4.46. The standard InChI is InChI=1S/C14H19BrN2O4/c1-3-4-11(13(18)19)17-14(20)16-8-9-7-10(15)5-6-12(9)21-2/h5-7,11H,3-4,8H2,1-2H3,(H,18,19)(H2,16,17,20). The van der Waals surface area contributed by atoms with Gasteiger partial charge in [-0.05, 0) is 24.6 Å². The highest BCUT2D eigenvalue weighted by molar-refractivity contribution is 9.10. The molecule has 0 saturated heterocycles. The van der Waals surface area contributed by atoms with Crippen LogP contribution in [0.25, 0.3) is 0 Å². The van der Waals surface area contributed by atoms with Crippen molar-refractivity contribution in [2.24, 2.45) is 0 Å². The summed E-state index contributed by atoms with van der Waals surface area (Å²) in [5.74, 6) is -0.381. The number of amides is 2. The number of carbonyl (C=O) groups excluding carboxylic acids is 1. The SMILES string of the molecule is CCCC(NC(=O)NCc1cc(Br)ccc1OC)C(=O)O. The van der Waals surface area contributed by atoms with E-state index in [4.69, 9.17) is 9.84 Å². The molecular weight excluding hydrogens is 340 g/mol. The van der Waals surface area contributed by atoms with Crippen molar-refractivity contribution in [3.8, 4) is 5.75 Å². The molecule has 3 N–H and O–H groups in total. The summed E-state index contributed by atoms with van der Waals surface area (Å²) in [6.45, 7) is 2.11. The van der Waals surface area contributed by atoms with Crippen LogP contribution in [-0.2, 0) is 11.3 Å². The lowest BCUT2D eigenvalue weighted by atomic mass is 10.2. The van der Waals surface area contributed by atoms with E-state index >= 15 is 0 Å². The first-order chi connectivity index (χ1) is 9.97. The van der Waals surface area contributed by atoms with E-state index in [0.29, 0.717) is 18.6 Å². The summed E-state index contributed by atoms with van der Waals surface area (Å²) in [6.07, 6.45) is 1.07.